The van der Waals surface area contributed by atoms with E-state index in [-0.39, 0.29) is 25.3 Å². The average Bonchev–Trinajstić information content (AvgIpc) is 3.40. The van der Waals surface area contributed by atoms with Crippen LogP contribution < -0.4 is 9.47 Å². The largest absolute Gasteiger partial charge is 0.454 e. The van der Waals surface area contributed by atoms with Crippen molar-refractivity contribution < 1.29 is 19.0 Å². The summed E-state index contributed by atoms with van der Waals surface area (Å²) in [4.78, 5) is 21.4. The predicted molar refractivity (Wildman–Crippen MR) is 105 cm³/mol. The standard InChI is InChI=1S/C21H18N4O4/c1-27-11-21(26)25-18(14-2-4-15-17(8-14)23-7-6-22-15)10-16(24-25)13-3-5-19-20(9-13)29-12-28-19/h2-9,18H,10-12H2,1H3. The maximum absolute atomic E-state index is 12.7. The van der Waals surface area contributed by atoms with E-state index < -0.39 is 0 Å². The van der Waals surface area contributed by atoms with E-state index in [1.165, 1.54) is 12.1 Å². The molecule has 1 atom stereocenters. The maximum atomic E-state index is 12.7. The third kappa shape index (κ3) is 3.17. The zero-order valence-corrected chi connectivity index (χ0v) is 15.7. The number of methoxy groups -OCH3 is 1. The molecule has 5 rings (SSSR count). The fourth-order valence-corrected chi connectivity index (χ4v) is 3.63. The molecule has 2 aliphatic heterocycles. The molecule has 8 heteroatoms. The third-order valence-electron chi connectivity index (χ3n) is 5.02. The summed E-state index contributed by atoms with van der Waals surface area (Å²) >= 11 is 0. The molecule has 8 nitrogen and oxygen atoms in total. The lowest BCUT2D eigenvalue weighted by atomic mass is 9.97. The number of nitrogens with zero attached hydrogens (tertiary/aromatic N) is 4. The molecule has 0 saturated carbocycles. The van der Waals surface area contributed by atoms with Crippen molar-refractivity contribution >= 4 is 22.7 Å². The van der Waals surface area contributed by atoms with Gasteiger partial charge in [-0.2, -0.15) is 5.10 Å². The maximum Gasteiger partial charge on any atom is 0.269 e. The number of hydrogen-bond donors (Lipinski definition) is 0. The number of aromatic nitrogens is 2. The Morgan fingerprint density at radius 2 is 1.93 bits per heavy atom. The minimum Gasteiger partial charge on any atom is -0.454 e. The molecule has 29 heavy (non-hydrogen) atoms. The molecule has 1 amide bonds. The number of ether oxygens (including phenoxy) is 3. The van der Waals surface area contributed by atoms with E-state index in [2.05, 4.69) is 15.1 Å². The quantitative estimate of drug-likeness (QED) is 0.681. The topological polar surface area (TPSA) is 86.1 Å². The highest BCUT2D eigenvalue weighted by molar-refractivity contribution is 6.03. The van der Waals surface area contributed by atoms with Gasteiger partial charge in [-0.1, -0.05) is 6.07 Å². The van der Waals surface area contributed by atoms with Crippen LogP contribution in [-0.2, 0) is 9.53 Å². The molecule has 1 unspecified atom stereocenters. The normalized spacial score (nSPS) is 17.6. The van der Waals surface area contributed by atoms with E-state index in [9.17, 15) is 4.79 Å². The van der Waals surface area contributed by atoms with Crippen LogP contribution in [0.25, 0.3) is 11.0 Å². The zero-order chi connectivity index (χ0) is 19.8. The van der Waals surface area contributed by atoms with Crippen molar-refractivity contribution in [2.75, 3.05) is 20.5 Å². The summed E-state index contributed by atoms with van der Waals surface area (Å²) in [5.74, 6) is 1.20. The van der Waals surface area contributed by atoms with Crippen LogP contribution >= 0.6 is 0 Å². The number of rotatable bonds is 4. The highest BCUT2D eigenvalue weighted by Crippen LogP contribution is 2.37. The third-order valence-corrected chi connectivity index (χ3v) is 5.02. The van der Waals surface area contributed by atoms with Crippen LogP contribution in [0.15, 0.2) is 53.9 Å². The molecule has 3 aromatic rings. The Morgan fingerprint density at radius 1 is 1.10 bits per heavy atom. The Balaban J connectivity index is 1.51. The Hall–Kier alpha value is -3.52. The first-order valence-electron chi connectivity index (χ1n) is 9.22. The number of carbonyl (C=O) groups is 1. The minimum absolute atomic E-state index is 0.0399. The molecule has 0 saturated heterocycles. The van der Waals surface area contributed by atoms with Crippen molar-refractivity contribution in [1.29, 1.82) is 0 Å². The second kappa shape index (κ2) is 7.14. The lowest BCUT2D eigenvalue weighted by molar-refractivity contribution is -0.137. The van der Waals surface area contributed by atoms with Crippen molar-refractivity contribution in [3.63, 3.8) is 0 Å². The van der Waals surface area contributed by atoms with Gasteiger partial charge in [0.05, 0.1) is 22.8 Å². The summed E-state index contributed by atoms with van der Waals surface area (Å²) in [5.41, 5.74) is 4.23. The van der Waals surface area contributed by atoms with Gasteiger partial charge < -0.3 is 14.2 Å². The van der Waals surface area contributed by atoms with Crippen molar-refractivity contribution in [2.45, 2.75) is 12.5 Å². The van der Waals surface area contributed by atoms with Gasteiger partial charge in [0.15, 0.2) is 11.5 Å². The van der Waals surface area contributed by atoms with E-state index in [0.29, 0.717) is 17.9 Å². The molecule has 2 aromatic carbocycles. The number of carbonyl (C=O) groups excluding carboxylic acids is 1. The number of hydrazone groups is 1. The van der Waals surface area contributed by atoms with Gasteiger partial charge in [0, 0.05) is 31.5 Å². The van der Waals surface area contributed by atoms with Crippen molar-refractivity contribution in [3.8, 4) is 11.5 Å². The van der Waals surface area contributed by atoms with E-state index in [1.807, 2.05) is 36.4 Å². The molecule has 0 bridgehead atoms. The van der Waals surface area contributed by atoms with Crippen molar-refractivity contribution in [2.24, 2.45) is 5.10 Å². The smallest absolute Gasteiger partial charge is 0.269 e. The van der Waals surface area contributed by atoms with Crippen LogP contribution in [0.4, 0.5) is 0 Å². The zero-order valence-electron chi connectivity index (χ0n) is 15.7. The molecule has 0 N–H and O–H groups in total. The first-order chi connectivity index (χ1) is 14.2. The summed E-state index contributed by atoms with van der Waals surface area (Å²) in [5, 5.41) is 6.13. The Morgan fingerprint density at radius 3 is 2.79 bits per heavy atom. The van der Waals surface area contributed by atoms with Gasteiger partial charge in [0.2, 0.25) is 6.79 Å². The van der Waals surface area contributed by atoms with Gasteiger partial charge in [-0.3, -0.25) is 14.8 Å². The van der Waals surface area contributed by atoms with Gasteiger partial charge in [-0.15, -0.1) is 0 Å². The van der Waals surface area contributed by atoms with Gasteiger partial charge in [-0.25, -0.2) is 5.01 Å². The highest BCUT2D eigenvalue weighted by Gasteiger charge is 2.33. The van der Waals surface area contributed by atoms with Gasteiger partial charge in [-0.05, 0) is 35.9 Å². The molecular weight excluding hydrogens is 372 g/mol. The lowest BCUT2D eigenvalue weighted by Gasteiger charge is -2.21. The predicted octanol–water partition coefficient (Wildman–Crippen LogP) is 2.68. The van der Waals surface area contributed by atoms with Crippen LogP contribution in [0.3, 0.4) is 0 Å². The number of hydrogen-bond acceptors (Lipinski definition) is 7. The van der Waals surface area contributed by atoms with Gasteiger partial charge in [0.1, 0.15) is 6.61 Å². The van der Waals surface area contributed by atoms with Gasteiger partial charge >= 0.3 is 0 Å². The van der Waals surface area contributed by atoms with Gasteiger partial charge in [0.25, 0.3) is 5.91 Å². The van der Waals surface area contributed by atoms with Crippen LogP contribution in [0.5, 0.6) is 11.5 Å². The molecule has 146 valence electrons. The molecular formula is C21H18N4O4. The second-order valence-electron chi connectivity index (χ2n) is 6.81. The fraction of sp³-hybridized carbons (Fsp3) is 0.238. The molecule has 0 aliphatic carbocycles. The van der Waals surface area contributed by atoms with E-state index in [1.54, 1.807) is 12.4 Å². The first-order valence-corrected chi connectivity index (χ1v) is 9.22. The summed E-state index contributed by atoms with van der Waals surface area (Å²) in [6, 6.07) is 11.3. The van der Waals surface area contributed by atoms with Crippen molar-refractivity contribution in [1.82, 2.24) is 15.0 Å². The summed E-state index contributed by atoms with van der Waals surface area (Å²) < 4.78 is 15.9. The van der Waals surface area contributed by atoms with Crippen molar-refractivity contribution in [3.05, 3.63) is 59.9 Å². The Labute approximate surface area is 166 Å². The first kappa shape index (κ1) is 17.6. The molecule has 0 spiro atoms. The fourth-order valence-electron chi connectivity index (χ4n) is 3.63. The van der Waals surface area contributed by atoms with Crippen LogP contribution in [-0.4, -0.2) is 47.1 Å². The molecule has 1 aromatic heterocycles. The minimum atomic E-state index is -0.246. The van der Waals surface area contributed by atoms with E-state index in [0.717, 1.165) is 27.9 Å². The number of amides is 1. The molecule has 0 fully saturated rings. The SMILES string of the molecule is COCC(=O)N1N=C(c2ccc3c(c2)OCO3)CC1c1ccc2nccnc2c1. The van der Waals surface area contributed by atoms with Crippen LogP contribution in [0.2, 0.25) is 0 Å². The molecule has 2 aliphatic rings. The number of fused-ring (bicyclic) bond motifs is 2. The van der Waals surface area contributed by atoms with Crippen LogP contribution in [0.1, 0.15) is 23.6 Å². The second-order valence-corrected chi connectivity index (χ2v) is 6.81. The summed E-state index contributed by atoms with van der Waals surface area (Å²) in [7, 11) is 1.50. The van der Waals surface area contributed by atoms with E-state index >= 15 is 0 Å². The molecule has 3 heterocycles. The monoisotopic (exact) mass is 390 g/mol. The Kier molecular flexibility index (Phi) is 4.33. The molecule has 0 radical (unpaired) electrons. The lowest BCUT2D eigenvalue weighted by Crippen LogP contribution is -2.30. The van der Waals surface area contributed by atoms with Crippen LogP contribution in [0, 0.1) is 0 Å². The highest BCUT2D eigenvalue weighted by atomic mass is 16.7. The van der Waals surface area contributed by atoms with E-state index in [4.69, 9.17) is 14.2 Å². The average molecular weight is 390 g/mol. The summed E-state index contributed by atoms with van der Waals surface area (Å²) in [6.45, 7) is 0.173. The summed E-state index contributed by atoms with van der Waals surface area (Å²) in [6.07, 6.45) is 3.89. The Bertz CT molecular complexity index is 1130. The number of benzene rings is 2.